The van der Waals surface area contributed by atoms with Crippen molar-refractivity contribution in [1.82, 2.24) is 5.32 Å². The average molecular weight is 313 g/mol. The highest BCUT2D eigenvalue weighted by molar-refractivity contribution is 5.91. The number of carbonyl (C=O) groups excluding carboxylic acids is 2. The number of nitrogens with one attached hydrogen (secondary N) is 1. The number of hydrogen-bond donors (Lipinski definition) is 1. The molecule has 0 unspecified atom stereocenters. The molecule has 0 aliphatic carbocycles. The monoisotopic (exact) mass is 313 g/mol. The zero-order chi connectivity index (χ0) is 16.5. The van der Waals surface area contributed by atoms with Crippen LogP contribution in [0.5, 0.6) is 11.5 Å². The van der Waals surface area contributed by atoms with E-state index in [0.29, 0.717) is 23.6 Å². The molecule has 0 saturated heterocycles. The van der Waals surface area contributed by atoms with Crippen molar-refractivity contribution in [1.29, 1.82) is 0 Å². The lowest BCUT2D eigenvalue weighted by Crippen LogP contribution is -2.29. The van der Waals surface area contributed by atoms with Gasteiger partial charge in [-0.25, -0.2) is 4.79 Å². The molecule has 0 saturated carbocycles. The molecule has 0 radical (unpaired) electrons. The molecule has 1 N–H and O–H groups in total. The summed E-state index contributed by atoms with van der Waals surface area (Å²) in [4.78, 5) is 23.4. The van der Waals surface area contributed by atoms with E-state index < -0.39 is 5.97 Å². The first-order chi connectivity index (χ1) is 11.2. The van der Waals surface area contributed by atoms with Gasteiger partial charge in [0.2, 0.25) is 0 Å². The zero-order valence-electron chi connectivity index (χ0n) is 13.0. The van der Waals surface area contributed by atoms with Crippen LogP contribution in [0.1, 0.15) is 23.7 Å². The van der Waals surface area contributed by atoms with E-state index in [1.165, 1.54) is 0 Å². The maximum atomic E-state index is 12.0. The molecule has 2 aromatic rings. The van der Waals surface area contributed by atoms with Crippen LogP contribution in [0.15, 0.2) is 54.6 Å². The molecule has 5 heteroatoms. The van der Waals surface area contributed by atoms with Crippen molar-refractivity contribution < 1.29 is 19.1 Å². The van der Waals surface area contributed by atoms with Gasteiger partial charge in [-0.1, -0.05) is 31.2 Å². The SMILES string of the molecule is CCCNC(=O)COC(=O)c1cccc(Oc2ccccc2)c1. The van der Waals surface area contributed by atoms with E-state index in [1.807, 2.05) is 37.3 Å². The van der Waals surface area contributed by atoms with E-state index in [1.54, 1.807) is 24.3 Å². The number of carbonyl (C=O) groups is 2. The standard InChI is InChI=1S/C18H19NO4/c1-2-11-19-17(20)13-22-18(21)14-7-6-10-16(12-14)23-15-8-4-3-5-9-15/h3-10,12H,2,11,13H2,1H3,(H,19,20). The summed E-state index contributed by atoms with van der Waals surface area (Å²) >= 11 is 0. The lowest BCUT2D eigenvalue weighted by Gasteiger charge is -2.08. The molecule has 0 aliphatic heterocycles. The van der Waals surface area contributed by atoms with Crippen molar-refractivity contribution in [2.45, 2.75) is 13.3 Å². The summed E-state index contributed by atoms with van der Waals surface area (Å²) in [7, 11) is 0. The molecule has 23 heavy (non-hydrogen) atoms. The second kappa shape index (κ2) is 8.58. The van der Waals surface area contributed by atoms with Crippen molar-refractivity contribution in [3.05, 3.63) is 60.2 Å². The molecule has 0 aliphatic rings. The van der Waals surface area contributed by atoms with E-state index in [0.717, 1.165) is 6.42 Å². The van der Waals surface area contributed by atoms with E-state index in [9.17, 15) is 9.59 Å². The number of esters is 1. The molecule has 0 atom stereocenters. The summed E-state index contributed by atoms with van der Waals surface area (Å²) in [6.07, 6.45) is 0.832. The van der Waals surface area contributed by atoms with Gasteiger partial charge >= 0.3 is 5.97 Å². The molecule has 120 valence electrons. The van der Waals surface area contributed by atoms with Crippen LogP contribution in [-0.2, 0) is 9.53 Å². The van der Waals surface area contributed by atoms with E-state index in [2.05, 4.69) is 5.32 Å². The lowest BCUT2D eigenvalue weighted by molar-refractivity contribution is -0.124. The van der Waals surface area contributed by atoms with Gasteiger partial charge in [0.15, 0.2) is 6.61 Å². The minimum atomic E-state index is -0.560. The molecule has 0 bridgehead atoms. The topological polar surface area (TPSA) is 64.6 Å². The molecule has 1 amide bonds. The summed E-state index contributed by atoms with van der Waals surface area (Å²) in [6.45, 7) is 2.23. The van der Waals surface area contributed by atoms with E-state index in [4.69, 9.17) is 9.47 Å². The van der Waals surface area contributed by atoms with Crippen LogP contribution in [0.4, 0.5) is 0 Å². The van der Waals surface area contributed by atoms with Crippen LogP contribution in [0.25, 0.3) is 0 Å². The Bertz CT molecular complexity index is 655. The highest BCUT2D eigenvalue weighted by Gasteiger charge is 2.11. The van der Waals surface area contributed by atoms with Crippen molar-refractivity contribution in [3.63, 3.8) is 0 Å². The second-order valence-electron chi connectivity index (χ2n) is 4.87. The van der Waals surface area contributed by atoms with Crippen LogP contribution < -0.4 is 10.1 Å². The minimum Gasteiger partial charge on any atom is -0.457 e. The van der Waals surface area contributed by atoms with Gasteiger partial charge in [0.25, 0.3) is 5.91 Å². The Balaban J connectivity index is 1.93. The number of hydrogen-bond acceptors (Lipinski definition) is 4. The number of rotatable bonds is 7. The summed E-state index contributed by atoms with van der Waals surface area (Å²) < 4.78 is 10.6. The van der Waals surface area contributed by atoms with Crippen LogP contribution in [0.2, 0.25) is 0 Å². The van der Waals surface area contributed by atoms with Crippen LogP contribution >= 0.6 is 0 Å². The number of benzene rings is 2. The maximum Gasteiger partial charge on any atom is 0.338 e. The fourth-order valence-corrected chi connectivity index (χ4v) is 1.84. The van der Waals surface area contributed by atoms with Crippen molar-refractivity contribution in [3.8, 4) is 11.5 Å². The first-order valence-corrected chi connectivity index (χ1v) is 7.46. The number of ether oxygens (including phenoxy) is 2. The third-order valence-electron chi connectivity index (χ3n) is 2.96. The van der Waals surface area contributed by atoms with Crippen molar-refractivity contribution in [2.75, 3.05) is 13.2 Å². The van der Waals surface area contributed by atoms with Crippen LogP contribution in [0, 0.1) is 0 Å². The Hall–Kier alpha value is -2.82. The van der Waals surface area contributed by atoms with Crippen LogP contribution in [-0.4, -0.2) is 25.0 Å². The molecule has 2 aromatic carbocycles. The van der Waals surface area contributed by atoms with Crippen molar-refractivity contribution >= 4 is 11.9 Å². The molecule has 0 aromatic heterocycles. The Morgan fingerprint density at radius 2 is 1.74 bits per heavy atom. The van der Waals surface area contributed by atoms with E-state index >= 15 is 0 Å². The van der Waals surface area contributed by atoms with Crippen molar-refractivity contribution in [2.24, 2.45) is 0 Å². The van der Waals surface area contributed by atoms with Gasteiger partial charge < -0.3 is 14.8 Å². The minimum absolute atomic E-state index is 0.289. The average Bonchev–Trinajstić information content (AvgIpc) is 2.59. The molecule has 0 heterocycles. The third kappa shape index (κ3) is 5.47. The third-order valence-corrected chi connectivity index (χ3v) is 2.96. The fraction of sp³-hybridized carbons (Fsp3) is 0.222. The molecule has 2 rings (SSSR count). The van der Waals surface area contributed by atoms with Crippen LogP contribution in [0.3, 0.4) is 0 Å². The first kappa shape index (κ1) is 16.5. The summed E-state index contributed by atoms with van der Waals surface area (Å²) in [5.74, 6) is 0.338. The molecular weight excluding hydrogens is 294 g/mol. The Labute approximate surface area is 135 Å². The fourth-order valence-electron chi connectivity index (χ4n) is 1.84. The number of para-hydroxylation sites is 1. The molecule has 0 spiro atoms. The number of amides is 1. The first-order valence-electron chi connectivity index (χ1n) is 7.46. The predicted molar refractivity (Wildman–Crippen MR) is 86.5 cm³/mol. The highest BCUT2D eigenvalue weighted by Crippen LogP contribution is 2.22. The predicted octanol–water partition coefficient (Wildman–Crippen LogP) is 3.16. The Morgan fingerprint density at radius 1 is 1.00 bits per heavy atom. The summed E-state index contributed by atoms with van der Waals surface area (Å²) in [5.41, 5.74) is 0.335. The highest BCUT2D eigenvalue weighted by atomic mass is 16.5. The van der Waals surface area contributed by atoms with Gasteiger partial charge in [0.1, 0.15) is 11.5 Å². The Kier molecular flexibility index (Phi) is 6.17. The largest absolute Gasteiger partial charge is 0.457 e. The lowest BCUT2D eigenvalue weighted by atomic mass is 10.2. The second-order valence-corrected chi connectivity index (χ2v) is 4.87. The smallest absolute Gasteiger partial charge is 0.338 e. The van der Waals surface area contributed by atoms with E-state index in [-0.39, 0.29) is 12.5 Å². The zero-order valence-corrected chi connectivity index (χ0v) is 13.0. The maximum absolute atomic E-state index is 12.0. The van der Waals surface area contributed by atoms with Gasteiger partial charge in [0, 0.05) is 6.54 Å². The molecular formula is C18H19NO4. The van der Waals surface area contributed by atoms with Gasteiger partial charge in [-0.3, -0.25) is 4.79 Å². The quantitative estimate of drug-likeness (QED) is 0.797. The van der Waals surface area contributed by atoms with Gasteiger partial charge in [-0.15, -0.1) is 0 Å². The van der Waals surface area contributed by atoms with Gasteiger partial charge in [-0.05, 0) is 36.8 Å². The normalized spacial score (nSPS) is 9.96. The summed E-state index contributed by atoms with van der Waals surface area (Å²) in [6, 6.07) is 15.9. The van der Waals surface area contributed by atoms with Gasteiger partial charge in [0.05, 0.1) is 5.56 Å². The summed E-state index contributed by atoms with van der Waals surface area (Å²) in [5, 5.41) is 2.64. The molecule has 5 nitrogen and oxygen atoms in total. The Morgan fingerprint density at radius 3 is 2.48 bits per heavy atom. The van der Waals surface area contributed by atoms with Gasteiger partial charge in [-0.2, -0.15) is 0 Å². The molecule has 0 fully saturated rings.